The van der Waals surface area contributed by atoms with Crippen molar-refractivity contribution in [2.75, 3.05) is 5.73 Å². The minimum atomic E-state index is 0.512. The fraction of sp³-hybridized carbons (Fsp3) is 0.0769. The van der Waals surface area contributed by atoms with E-state index in [1.165, 1.54) is 0 Å². The van der Waals surface area contributed by atoms with Gasteiger partial charge < -0.3 is 5.73 Å². The van der Waals surface area contributed by atoms with Gasteiger partial charge in [0, 0.05) is 23.8 Å². The Morgan fingerprint density at radius 1 is 1.20 bits per heavy atom. The van der Waals surface area contributed by atoms with Gasteiger partial charge in [-0.3, -0.25) is 4.68 Å². The number of aryl methyl sites for hydroxylation is 1. The van der Waals surface area contributed by atoms with Crippen LogP contribution in [-0.4, -0.2) is 19.6 Å². The molecular weight excluding hydrogens is 297 g/mol. The van der Waals surface area contributed by atoms with Gasteiger partial charge >= 0.3 is 0 Å². The van der Waals surface area contributed by atoms with Crippen LogP contribution in [0, 0.1) is 0 Å². The molecule has 2 heterocycles. The van der Waals surface area contributed by atoms with Crippen molar-refractivity contribution in [2.24, 2.45) is 7.05 Å². The maximum Gasteiger partial charge on any atom is 0.119 e. The van der Waals surface area contributed by atoms with Crippen LogP contribution in [0.25, 0.3) is 16.9 Å². The second-order valence-electron chi connectivity index (χ2n) is 4.38. The lowest BCUT2D eigenvalue weighted by Crippen LogP contribution is -1.95. The molecule has 0 bridgehead atoms. The SMILES string of the molecule is Cn1cc(-c2nn(-c3ccc(Cl)cc3Cl)cc2N)cn1. The molecule has 1 aromatic carbocycles. The number of nitrogen functional groups attached to an aromatic ring is 1. The van der Waals surface area contributed by atoms with Crippen LogP contribution in [-0.2, 0) is 7.05 Å². The summed E-state index contributed by atoms with van der Waals surface area (Å²) in [6.45, 7) is 0. The molecule has 5 nitrogen and oxygen atoms in total. The summed E-state index contributed by atoms with van der Waals surface area (Å²) < 4.78 is 3.33. The molecule has 0 aliphatic rings. The molecule has 0 aliphatic heterocycles. The van der Waals surface area contributed by atoms with Crippen LogP contribution in [0.2, 0.25) is 10.0 Å². The average molecular weight is 308 g/mol. The second-order valence-corrected chi connectivity index (χ2v) is 5.22. The first-order valence-electron chi connectivity index (χ1n) is 5.84. The van der Waals surface area contributed by atoms with Gasteiger partial charge in [-0.2, -0.15) is 10.2 Å². The Morgan fingerprint density at radius 3 is 2.65 bits per heavy atom. The maximum atomic E-state index is 6.17. The monoisotopic (exact) mass is 307 g/mol. The molecule has 0 radical (unpaired) electrons. The van der Waals surface area contributed by atoms with Gasteiger partial charge in [0.15, 0.2) is 0 Å². The summed E-state index contributed by atoms with van der Waals surface area (Å²) >= 11 is 12.1. The van der Waals surface area contributed by atoms with Gasteiger partial charge in [-0.15, -0.1) is 0 Å². The molecule has 0 unspecified atom stereocenters. The molecule has 20 heavy (non-hydrogen) atoms. The van der Waals surface area contributed by atoms with E-state index in [1.54, 1.807) is 40.0 Å². The summed E-state index contributed by atoms with van der Waals surface area (Å²) in [6.07, 6.45) is 5.29. The zero-order valence-electron chi connectivity index (χ0n) is 10.6. The number of benzene rings is 1. The maximum absolute atomic E-state index is 6.17. The predicted octanol–water partition coefficient (Wildman–Crippen LogP) is 3.16. The molecule has 0 fully saturated rings. The third kappa shape index (κ3) is 2.26. The molecule has 102 valence electrons. The zero-order chi connectivity index (χ0) is 14.3. The highest BCUT2D eigenvalue weighted by atomic mass is 35.5. The number of nitrogens with zero attached hydrogens (tertiary/aromatic N) is 4. The van der Waals surface area contributed by atoms with Crippen LogP contribution in [0.15, 0.2) is 36.8 Å². The number of hydrogen-bond donors (Lipinski definition) is 1. The molecule has 0 atom stereocenters. The summed E-state index contributed by atoms with van der Waals surface area (Å²) in [6, 6.07) is 5.22. The molecule has 3 rings (SSSR count). The van der Waals surface area contributed by atoms with Gasteiger partial charge in [-0.05, 0) is 18.2 Å². The molecule has 0 aliphatic carbocycles. The van der Waals surface area contributed by atoms with Gasteiger partial charge in [-0.25, -0.2) is 4.68 Å². The van der Waals surface area contributed by atoms with Crippen molar-refractivity contribution in [3.05, 3.63) is 46.8 Å². The van der Waals surface area contributed by atoms with Crippen molar-refractivity contribution in [3.8, 4) is 16.9 Å². The first kappa shape index (κ1) is 13.0. The number of anilines is 1. The molecule has 2 N–H and O–H groups in total. The smallest absolute Gasteiger partial charge is 0.119 e. The molecular formula is C13H11Cl2N5. The van der Waals surface area contributed by atoms with E-state index in [4.69, 9.17) is 28.9 Å². The average Bonchev–Trinajstić information content (AvgIpc) is 2.95. The van der Waals surface area contributed by atoms with Gasteiger partial charge in [0.2, 0.25) is 0 Å². The second kappa shape index (κ2) is 4.85. The van der Waals surface area contributed by atoms with Crippen molar-refractivity contribution in [2.45, 2.75) is 0 Å². The molecule has 0 spiro atoms. The highest BCUT2D eigenvalue weighted by Crippen LogP contribution is 2.28. The number of halogens is 2. The molecule has 0 saturated carbocycles. The van der Waals surface area contributed by atoms with Crippen molar-refractivity contribution in [3.63, 3.8) is 0 Å². The molecule has 3 aromatic rings. The molecule has 2 aromatic heterocycles. The topological polar surface area (TPSA) is 61.7 Å². The van der Waals surface area contributed by atoms with Crippen molar-refractivity contribution < 1.29 is 0 Å². The lowest BCUT2D eigenvalue weighted by atomic mass is 10.2. The zero-order valence-corrected chi connectivity index (χ0v) is 12.1. The molecule has 7 heteroatoms. The van der Waals surface area contributed by atoms with E-state index in [1.807, 2.05) is 13.2 Å². The number of hydrogen-bond acceptors (Lipinski definition) is 3. The van der Waals surface area contributed by atoms with E-state index in [2.05, 4.69) is 10.2 Å². The Balaban J connectivity index is 2.08. The van der Waals surface area contributed by atoms with Gasteiger partial charge in [0.1, 0.15) is 5.69 Å². The summed E-state index contributed by atoms with van der Waals surface area (Å²) in [5, 5.41) is 9.67. The summed E-state index contributed by atoms with van der Waals surface area (Å²) in [5.74, 6) is 0. The third-order valence-electron chi connectivity index (χ3n) is 2.88. The third-order valence-corrected chi connectivity index (χ3v) is 3.42. The van der Waals surface area contributed by atoms with Crippen LogP contribution >= 0.6 is 23.2 Å². The lowest BCUT2D eigenvalue weighted by molar-refractivity contribution is 0.768. The lowest BCUT2D eigenvalue weighted by Gasteiger charge is -2.03. The Hall–Kier alpha value is -1.98. The largest absolute Gasteiger partial charge is 0.396 e. The normalized spacial score (nSPS) is 10.9. The van der Waals surface area contributed by atoms with Gasteiger partial charge in [-0.1, -0.05) is 23.2 Å². The highest BCUT2D eigenvalue weighted by Gasteiger charge is 2.13. The van der Waals surface area contributed by atoms with Crippen molar-refractivity contribution >= 4 is 28.9 Å². The Labute approximate surface area is 125 Å². The number of rotatable bonds is 2. The van der Waals surface area contributed by atoms with E-state index in [0.717, 1.165) is 11.3 Å². The summed E-state index contributed by atoms with van der Waals surface area (Å²) in [4.78, 5) is 0. The van der Waals surface area contributed by atoms with E-state index >= 15 is 0 Å². The van der Waals surface area contributed by atoms with Crippen molar-refractivity contribution in [1.82, 2.24) is 19.6 Å². The van der Waals surface area contributed by atoms with Crippen LogP contribution < -0.4 is 5.73 Å². The van der Waals surface area contributed by atoms with E-state index in [-0.39, 0.29) is 0 Å². The first-order valence-corrected chi connectivity index (χ1v) is 6.60. The predicted molar refractivity (Wildman–Crippen MR) is 80.2 cm³/mol. The first-order chi connectivity index (χ1) is 9.54. The van der Waals surface area contributed by atoms with Crippen LogP contribution in [0.1, 0.15) is 0 Å². The summed E-state index contributed by atoms with van der Waals surface area (Å²) in [7, 11) is 1.84. The van der Waals surface area contributed by atoms with E-state index in [9.17, 15) is 0 Å². The van der Waals surface area contributed by atoms with Crippen LogP contribution in [0.4, 0.5) is 5.69 Å². The highest BCUT2D eigenvalue weighted by molar-refractivity contribution is 6.35. The van der Waals surface area contributed by atoms with Crippen LogP contribution in [0.5, 0.6) is 0 Å². The minimum Gasteiger partial charge on any atom is -0.396 e. The van der Waals surface area contributed by atoms with E-state index < -0.39 is 0 Å². The summed E-state index contributed by atoms with van der Waals surface area (Å²) in [5.41, 5.74) is 8.82. The van der Waals surface area contributed by atoms with Crippen molar-refractivity contribution in [1.29, 1.82) is 0 Å². The van der Waals surface area contributed by atoms with Gasteiger partial charge in [0.05, 0.1) is 28.8 Å². The fourth-order valence-corrected chi connectivity index (χ4v) is 2.44. The Bertz CT molecular complexity index is 775. The van der Waals surface area contributed by atoms with Crippen LogP contribution in [0.3, 0.4) is 0 Å². The molecule has 0 amide bonds. The molecule has 0 saturated heterocycles. The van der Waals surface area contributed by atoms with E-state index in [0.29, 0.717) is 21.4 Å². The Morgan fingerprint density at radius 2 is 2.00 bits per heavy atom. The minimum absolute atomic E-state index is 0.512. The number of nitrogens with two attached hydrogens (primary N) is 1. The van der Waals surface area contributed by atoms with Gasteiger partial charge in [0.25, 0.3) is 0 Å². The standard InChI is InChI=1S/C13H11Cl2N5/c1-19-6-8(5-17-19)13-11(16)7-20(18-13)12-3-2-9(14)4-10(12)15/h2-7H,16H2,1H3. The Kier molecular flexibility index (Phi) is 3.16. The quantitative estimate of drug-likeness (QED) is 0.791. The number of aromatic nitrogens is 4. The fourth-order valence-electron chi connectivity index (χ4n) is 1.95.